The Morgan fingerprint density at radius 1 is 1.47 bits per heavy atom. The molecule has 0 spiro atoms. The summed E-state index contributed by atoms with van der Waals surface area (Å²) in [6.45, 7) is 1.69. The Balaban J connectivity index is 2.55. The lowest BCUT2D eigenvalue weighted by Crippen LogP contribution is -2.21. The molecule has 0 saturated carbocycles. The lowest BCUT2D eigenvalue weighted by atomic mass is 10.2. The van der Waals surface area contributed by atoms with Gasteiger partial charge < -0.3 is 5.32 Å². The molecule has 0 amide bonds. The van der Waals surface area contributed by atoms with Gasteiger partial charge in [0.2, 0.25) is 5.62 Å². The third-order valence-electron chi connectivity index (χ3n) is 2.61. The second-order valence-corrected chi connectivity index (χ2v) is 4.35. The fourth-order valence-corrected chi connectivity index (χ4v) is 2.49. The summed E-state index contributed by atoms with van der Waals surface area (Å²) in [6.07, 6.45) is 0. The van der Waals surface area contributed by atoms with E-state index >= 15 is 0 Å². The average Bonchev–Trinajstić information content (AvgIpc) is 2.66. The van der Waals surface area contributed by atoms with Gasteiger partial charge in [-0.3, -0.25) is 9.98 Å². The van der Waals surface area contributed by atoms with Crippen LogP contribution in [0.2, 0.25) is 0 Å². The molecule has 2 aromatic rings. The Bertz CT molecular complexity index is 602. The number of benzene rings is 1. The lowest BCUT2D eigenvalue weighted by molar-refractivity contribution is 0.717. The Kier molecular flexibility index (Phi) is 1.82. The molecule has 2 N–H and O–H groups in total. The maximum atomic E-state index is 7.80. The largest absolute Gasteiger partial charge is 0.369 e. The number of nitrogens with zero attached hydrogens (tertiary/aromatic N) is 2. The van der Waals surface area contributed by atoms with Crippen molar-refractivity contribution in [2.45, 2.75) is 6.54 Å². The molecule has 0 radical (unpaired) electrons. The van der Waals surface area contributed by atoms with E-state index in [0.717, 1.165) is 34.3 Å². The molecule has 76 valence electrons. The van der Waals surface area contributed by atoms with Crippen LogP contribution < -0.4 is 10.9 Å². The number of fused-ring (bicyclic) bond motifs is 3. The normalized spacial score (nSPS) is 13.9. The number of anilines is 1. The van der Waals surface area contributed by atoms with Crippen molar-refractivity contribution in [2.75, 3.05) is 11.9 Å². The van der Waals surface area contributed by atoms with Gasteiger partial charge in [-0.2, -0.15) is 0 Å². The smallest absolute Gasteiger partial charge is 0.224 e. The van der Waals surface area contributed by atoms with Gasteiger partial charge in [-0.15, -0.1) is 0 Å². The first-order valence-electron chi connectivity index (χ1n) is 4.75. The van der Waals surface area contributed by atoms with Crippen LogP contribution in [0.5, 0.6) is 0 Å². The second kappa shape index (κ2) is 3.06. The zero-order valence-corrected chi connectivity index (χ0v) is 9.50. The van der Waals surface area contributed by atoms with Crippen LogP contribution >= 0.6 is 15.9 Å². The molecular weight excluding hydrogens is 256 g/mol. The highest BCUT2D eigenvalue weighted by atomic mass is 79.9. The van der Waals surface area contributed by atoms with Crippen molar-refractivity contribution in [1.82, 2.24) is 9.55 Å². The van der Waals surface area contributed by atoms with Gasteiger partial charge in [-0.1, -0.05) is 6.07 Å². The molecule has 5 heteroatoms. The van der Waals surface area contributed by atoms with E-state index < -0.39 is 0 Å². The number of rotatable bonds is 0. The van der Waals surface area contributed by atoms with E-state index in [1.165, 1.54) is 0 Å². The van der Waals surface area contributed by atoms with Crippen LogP contribution in [-0.4, -0.2) is 16.1 Å². The van der Waals surface area contributed by atoms with Gasteiger partial charge in [0.25, 0.3) is 0 Å². The van der Waals surface area contributed by atoms with E-state index in [-0.39, 0.29) is 0 Å². The van der Waals surface area contributed by atoms with Crippen molar-refractivity contribution >= 4 is 32.7 Å². The quantitative estimate of drug-likeness (QED) is 0.761. The fraction of sp³-hybridized carbons (Fsp3) is 0.200. The van der Waals surface area contributed by atoms with Crippen molar-refractivity contribution in [3.63, 3.8) is 0 Å². The van der Waals surface area contributed by atoms with Crippen LogP contribution in [-0.2, 0) is 6.54 Å². The fourth-order valence-electron chi connectivity index (χ4n) is 1.94. The number of hydrogen-bond acceptors (Lipinski definition) is 3. The third-order valence-corrected chi connectivity index (χ3v) is 3.27. The zero-order valence-electron chi connectivity index (χ0n) is 7.92. The van der Waals surface area contributed by atoms with E-state index in [2.05, 4.69) is 26.2 Å². The minimum Gasteiger partial charge on any atom is -0.369 e. The minimum atomic E-state index is 0.320. The molecule has 1 aliphatic rings. The first kappa shape index (κ1) is 8.91. The van der Waals surface area contributed by atoms with Gasteiger partial charge in [-0.05, 0) is 28.1 Å². The SMILES string of the molecule is N=c1nc2cccc(Br)c2c2n1CCN2. The summed E-state index contributed by atoms with van der Waals surface area (Å²) in [5.74, 6) is 0.998. The molecule has 2 heterocycles. The molecule has 0 bridgehead atoms. The molecule has 0 saturated heterocycles. The standard InChI is InChI=1S/C10H9BrN4/c11-6-2-1-3-7-8(6)9-13-4-5-15(9)10(12)14-7/h1-3,12-13H,4-5H2. The van der Waals surface area contributed by atoms with Crippen LogP contribution in [0.4, 0.5) is 5.82 Å². The van der Waals surface area contributed by atoms with Crippen molar-refractivity contribution in [1.29, 1.82) is 5.41 Å². The molecule has 1 aromatic carbocycles. The van der Waals surface area contributed by atoms with Gasteiger partial charge in [0.15, 0.2) is 0 Å². The number of aromatic nitrogens is 2. The van der Waals surface area contributed by atoms with Crippen LogP contribution in [0.15, 0.2) is 22.7 Å². The average molecular weight is 265 g/mol. The minimum absolute atomic E-state index is 0.320. The summed E-state index contributed by atoms with van der Waals surface area (Å²) >= 11 is 3.52. The highest BCUT2D eigenvalue weighted by Gasteiger charge is 2.15. The maximum absolute atomic E-state index is 7.80. The van der Waals surface area contributed by atoms with Crippen molar-refractivity contribution in [2.24, 2.45) is 0 Å². The Morgan fingerprint density at radius 2 is 2.33 bits per heavy atom. The van der Waals surface area contributed by atoms with Gasteiger partial charge in [0.05, 0.1) is 10.9 Å². The Morgan fingerprint density at radius 3 is 3.20 bits per heavy atom. The highest BCUT2D eigenvalue weighted by molar-refractivity contribution is 9.10. The summed E-state index contributed by atoms with van der Waals surface area (Å²) in [7, 11) is 0. The summed E-state index contributed by atoms with van der Waals surface area (Å²) in [5.41, 5.74) is 1.18. The van der Waals surface area contributed by atoms with Crippen molar-refractivity contribution in [3.05, 3.63) is 28.3 Å². The molecule has 0 unspecified atom stereocenters. The number of nitrogens with one attached hydrogen (secondary N) is 2. The molecule has 1 aliphatic heterocycles. The summed E-state index contributed by atoms with van der Waals surface area (Å²) in [4.78, 5) is 4.27. The molecule has 4 nitrogen and oxygen atoms in total. The van der Waals surface area contributed by atoms with Crippen LogP contribution in [0.1, 0.15) is 0 Å². The monoisotopic (exact) mass is 264 g/mol. The summed E-state index contributed by atoms with van der Waals surface area (Å²) in [6, 6.07) is 5.86. The highest BCUT2D eigenvalue weighted by Crippen LogP contribution is 2.29. The molecule has 15 heavy (non-hydrogen) atoms. The summed E-state index contributed by atoms with van der Waals surface area (Å²) < 4.78 is 2.92. The van der Waals surface area contributed by atoms with Crippen LogP contribution in [0, 0.1) is 5.41 Å². The molecule has 3 rings (SSSR count). The van der Waals surface area contributed by atoms with Gasteiger partial charge in [0.1, 0.15) is 5.82 Å². The second-order valence-electron chi connectivity index (χ2n) is 3.50. The third kappa shape index (κ3) is 1.19. The van der Waals surface area contributed by atoms with E-state index in [0.29, 0.717) is 5.62 Å². The van der Waals surface area contributed by atoms with Gasteiger partial charge in [0, 0.05) is 17.6 Å². The van der Waals surface area contributed by atoms with E-state index in [4.69, 9.17) is 5.41 Å². The molecule has 1 aromatic heterocycles. The van der Waals surface area contributed by atoms with Gasteiger partial charge >= 0.3 is 0 Å². The zero-order chi connectivity index (χ0) is 10.4. The molecule has 0 atom stereocenters. The predicted molar refractivity (Wildman–Crippen MR) is 61.8 cm³/mol. The summed E-state index contributed by atoms with van der Waals surface area (Å²) in [5, 5.41) is 12.2. The lowest BCUT2D eigenvalue weighted by Gasteiger charge is -2.08. The Hall–Kier alpha value is -1.36. The van der Waals surface area contributed by atoms with Crippen LogP contribution in [0.3, 0.4) is 0 Å². The Labute approximate surface area is 94.6 Å². The predicted octanol–water partition coefficient (Wildman–Crippen LogP) is 1.70. The van der Waals surface area contributed by atoms with Gasteiger partial charge in [-0.25, -0.2) is 4.98 Å². The number of hydrogen-bond donors (Lipinski definition) is 2. The van der Waals surface area contributed by atoms with E-state index in [1.54, 1.807) is 0 Å². The molecular formula is C10H9BrN4. The first-order valence-corrected chi connectivity index (χ1v) is 5.54. The van der Waals surface area contributed by atoms with Crippen molar-refractivity contribution < 1.29 is 0 Å². The number of halogens is 1. The van der Waals surface area contributed by atoms with Crippen molar-refractivity contribution in [3.8, 4) is 0 Å². The van der Waals surface area contributed by atoms with E-state index in [1.807, 2.05) is 22.8 Å². The molecule has 0 aliphatic carbocycles. The van der Waals surface area contributed by atoms with Crippen LogP contribution in [0.25, 0.3) is 10.9 Å². The van der Waals surface area contributed by atoms with E-state index in [9.17, 15) is 0 Å². The molecule has 0 fully saturated rings. The maximum Gasteiger partial charge on any atom is 0.224 e. The topological polar surface area (TPSA) is 53.7 Å². The first-order chi connectivity index (χ1) is 7.27.